The molecule has 0 aliphatic heterocycles. The highest BCUT2D eigenvalue weighted by molar-refractivity contribution is 6.00. The van der Waals surface area contributed by atoms with E-state index in [0.717, 1.165) is 27.8 Å². The molecular weight excluding hydrogens is 260 g/mol. The Morgan fingerprint density at radius 1 is 0.857 bits per heavy atom. The van der Waals surface area contributed by atoms with Gasteiger partial charge < -0.3 is 10.2 Å². The van der Waals surface area contributed by atoms with Gasteiger partial charge in [0, 0.05) is 43.2 Å². The fourth-order valence-corrected chi connectivity index (χ4v) is 2.42. The largest absolute Gasteiger partial charge is 0.378 e. The van der Waals surface area contributed by atoms with E-state index in [9.17, 15) is 0 Å². The molecular formula is C17H18N4. The van der Waals surface area contributed by atoms with Crippen molar-refractivity contribution in [2.45, 2.75) is 0 Å². The summed E-state index contributed by atoms with van der Waals surface area (Å²) >= 11 is 0. The summed E-state index contributed by atoms with van der Waals surface area (Å²) in [4.78, 5) is 2.08. The molecule has 0 spiro atoms. The van der Waals surface area contributed by atoms with Gasteiger partial charge in [-0.25, -0.2) is 0 Å². The third-order valence-electron chi connectivity index (χ3n) is 3.58. The minimum Gasteiger partial charge on any atom is -0.378 e. The minimum absolute atomic E-state index is 0.805. The normalized spacial score (nSPS) is 10.6. The Balaban J connectivity index is 2.16. The lowest BCUT2D eigenvalue weighted by atomic mass is 10.0. The SMILES string of the molecule is CNc1nnc(-c2ccc(N(C)C)cc2)c2ccccc12. The smallest absolute Gasteiger partial charge is 0.156 e. The molecule has 0 bridgehead atoms. The van der Waals surface area contributed by atoms with Crippen molar-refractivity contribution in [3.8, 4) is 11.3 Å². The molecule has 0 radical (unpaired) electrons. The molecule has 0 fully saturated rings. The monoisotopic (exact) mass is 278 g/mol. The van der Waals surface area contributed by atoms with Crippen LogP contribution in [-0.4, -0.2) is 31.3 Å². The van der Waals surface area contributed by atoms with Crippen LogP contribution < -0.4 is 10.2 Å². The number of aromatic nitrogens is 2. The molecule has 106 valence electrons. The molecule has 2 aromatic carbocycles. The standard InChI is InChI=1S/C17H18N4/c1-18-17-15-7-5-4-6-14(15)16(19-20-17)12-8-10-13(11-9-12)21(2)3/h4-11H,1-3H3,(H,18,20). The quantitative estimate of drug-likeness (QED) is 0.797. The summed E-state index contributed by atoms with van der Waals surface area (Å²) in [7, 11) is 5.93. The molecule has 0 unspecified atom stereocenters. The second-order valence-corrected chi connectivity index (χ2v) is 5.13. The van der Waals surface area contributed by atoms with Gasteiger partial charge >= 0.3 is 0 Å². The molecule has 0 saturated carbocycles. The molecule has 3 rings (SSSR count). The van der Waals surface area contributed by atoms with Crippen molar-refractivity contribution in [1.82, 2.24) is 10.2 Å². The molecule has 1 aromatic heterocycles. The highest BCUT2D eigenvalue weighted by Gasteiger charge is 2.09. The van der Waals surface area contributed by atoms with Crippen molar-refractivity contribution in [3.05, 3.63) is 48.5 Å². The van der Waals surface area contributed by atoms with E-state index in [1.165, 1.54) is 5.69 Å². The Bertz CT molecular complexity index is 763. The van der Waals surface area contributed by atoms with Crippen LogP contribution in [0, 0.1) is 0 Å². The van der Waals surface area contributed by atoms with Crippen molar-refractivity contribution >= 4 is 22.3 Å². The number of rotatable bonds is 3. The van der Waals surface area contributed by atoms with Gasteiger partial charge in [-0.2, -0.15) is 0 Å². The molecule has 21 heavy (non-hydrogen) atoms. The lowest BCUT2D eigenvalue weighted by Crippen LogP contribution is -2.08. The fraction of sp³-hybridized carbons (Fsp3) is 0.176. The van der Waals surface area contributed by atoms with E-state index in [-0.39, 0.29) is 0 Å². The van der Waals surface area contributed by atoms with Crippen LogP contribution in [0.5, 0.6) is 0 Å². The molecule has 1 heterocycles. The number of nitrogens with zero attached hydrogens (tertiary/aromatic N) is 3. The van der Waals surface area contributed by atoms with E-state index in [1.54, 1.807) is 0 Å². The average Bonchev–Trinajstić information content (AvgIpc) is 2.54. The molecule has 0 saturated heterocycles. The van der Waals surface area contributed by atoms with Gasteiger partial charge in [0.2, 0.25) is 0 Å². The first-order valence-corrected chi connectivity index (χ1v) is 6.91. The Morgan fingerprint density at radius 3 is 2.14 bits per heavy atom. The van der Waals surface area contributed by atoms with Crippen molar-refractivity contribution in [2.75, 3.05) is 31.4 Å². The zero-order chi connectivity index (χ0) is 14.8. The van der Waals surface area contributed by atoms with Gasteiger partial charge in [-0.1, -0.05) is 36.4 Å². The first-order valence-electron chi connectivity index (χ1n) is 6.91. The maximum absolute atomic E-state index is 4.40. The van der Waals surface area contributed by atoms with Gasteiger partial charge in [-0.15, -0.1) is 10.2 Å². The first-order chi connectivity index (χ1) is 10.2. The first kappa shape index (κ1) is 13.4. The summed E-state index contributed by atoms with van der Waals surface area (Å²) in [6, 6.07) is 16.6. The van der Waals surface area contributed by atoms with E-state index < -0.39 is 0 Å². The zero-order valence-electron chi connectivity index (χ0n) is 12.5. The third kappa shape index (κ3) is 2.40. The topological polar surface area (TPSA) is 41.1 Å². The Hall–Kier alpha value is -2.62. The van der Waals surface area contributed by atoms with Crippen LogP contribution in [0.25, 0.3) is 22.0 Å². The number of hydrogen-bond acceptors (Lipinski definition) is 4. The van der Waals surface area contributed by atoms with E-state index in [4.69, 9.17) is 0 Å². The van der Waals surface area contributed by atoms with E-state index in [2.05, 4.69) is 56.8 Å². The van der Waals surface area contributed by atoms with Crippen LogP contribution in [0.15, 0.2) is 48.5 Å². The molecule has 0 amide bonds. The van der Waals surface area contributed by atoms with Crippen LogP contribution in [-0.2, 0) is 0 Å². The van der Waals surface area contributed by atoms with Gasteiger partial charge in [0.1, 0.15) is 5.69 Å². The molecule has 4 heteroatoms. The second kappa shape index (κ2) is 5.40. The molecule has 1 N–H and O–H groups in total. The Morgan fingerprint density at radius 2 is 1.52 bits per heavy atom. The van der Waals surface area contributed by atoms with Gasteiger partial charge in [-0.3, -0.25) is 0 Å². The number of benzene rings is 2. The summed E-state index contributed by atoms with van der Waals surface area (Å²) in [5.74, 6) is 0.805. The maximum atomic E-state index is 4.40. The number of hydrogen-bond donors (Lipinski definition) is 1. The minimum atomic E-state index is 0.805. The summed E-state index contributed by atoms with van der Waals surface area (Å²) in [6.07, 6.45) is 0. The molecule has 0 aliphatic rings. The molecule has 0 atom stereocenters. The van der Waals surface area contributed by atoms with Crippen LogP contribution in [0.4, 0.5) is 11.5 Å². The Labute approximate surface area is 124 Å². The van der Waals surface area contributed by atoms with Crippen LogP contribution >= 0.6 is 0 Å². The van der Waals surface area contributed by atoms with Crippen molar-refractivity contribution in [1.29, 1.82) is 0 Å². The van der Waals surface area contributed by atoms with Crippen molar-refractivity contribution in [2.24, 2.45) is 0 Å². The van der Waals surface area contributed by atoms with Gasteiger partial charge in [-0.05, 0) is 12.1 Å². The van der Waals surface area contributed by atoms with E-state index in [1.807, 2.05) is 33.3 Å². The molecule has 0 aliphatic carbocycles. The van der Waals surface area contributed by atoms with Gasteiger partial charge in [0.15, 0.2) is 5.82 Å². The van der Waals surface area contributed by atoms with E-state index >= 15 is 0 Å². The fourth-order valence-electron chi connectivity index (χ4n) is 2.42. The molecule has 3 aromatic rings. The highest BCUT2D eigenvalue weighted by Crippen LogP contribution is 2.30. The lowest BCUT2D eigenvalue weighted by molar-refractivity contribution is 1.05. The molecule has 4 nitrogen and oxygen atoms in total. The van der Waals surface area contributed by atoms with Gasteiger partial charge in [0.25, 0.3) is 0 Å². The number of nitrogens with one attached hydrogen (secondary N) is 1. The van der Waals surface area contributed by atoms with Crippen LogP contribution in [0.3, 0.4) is 0 Å². The third-order valence-corrected chi connectivity index (χ3v) is 3.58. The summed E-state index contributed by atoms with van der Waals surface area (Å²) in [5.41, 5.74) is 3.16. The van der Waals surface area contributed by atoms with Gasteiger partial charge in [0.05, 0.1) is 0 Å². The van der Waals surface area contributed by atoms with E-state index in [0.29, 0.717) is 0 Å². The number of fused-ring (bicyclic) bond motifs is 1. The Kier molecular flexibility index (Phi) is 3.44. The van der Waals surface area contributed by atoms with Crippen LogP contribution in [0.1, 0.15) is 0 Å². The number of anilines is 2. The predicted molar refractivity (Wildman–Crippen MR) is 88.8 cm³/mol. The van der Waals surface area contributed by atoms with Crippen molar-refractivity contribution < 1.29 is 0 Å². The van der Waals surface area contributed by atoms with Crippen molar-refractivity contribution in [3.63, 3.8) is 0 Å². The lowest BCUT2D eigenvalue weighted by Gasteiger charge is -2.13. The summed E-state index contributed by atoms with van der Waals surface area (Å²) in [5, 5.41) is 14.0. The second-order valence-electron chi connectivity index (χ2n) is 5.13. The predicted octanol–water partition coefficient (Wildman–Crippen LogP) is 3.40. The summed E-state index contributed by atoms with van der Waals surface area (Å²) in [6.45, 7) is 0. The average molecular weight is 278 g/mol. The maximum Gasteiger partial charge on any atom is 0.156 e. The van der Waals surface area contributed by atoms with Crippen LogP contribution in [0.2, 0.25) is 0 Å². The zero-order valence-corrected chi connectivity index (χ0v) is 12.5. The summed E-state index contributed by atoms with van der Waals surface area (Å²) < 4.78 is 0. The highest BCUT2D eigenvalue weighted by atomic mass is 15.2.